The van der Waals surface area contributed by atoms with Crippen molar-refractivity contribution in [3.8, 4) is 23.0 Å². The van der Waals surface area contributed by atoms with Gasteiger partial charge in [-0.2, -0.15) is 10.2 Å². The Labute approximate surface area is 471 Å². The van der Waals surface area contributed by atoms with Crippen LogP contribution in [-0.2, 0) is 31.1 Å². The van der Waals surface area contributed by atoms with E-state index in [-0.39, 0.29) is 112 Å². The fourth-order valence-electron chi connectivity index (χ4n) is 10.7. The van der Waals surface area contributed by atoms with E-state index >= 15 is 8.78 Å². The number of piperidine rings is 1. The molecular weight excluding hydrogens is 1080 g/mol. The molecule has 2 fully saturated rings. The van der Waals surface area contributed by atoms with Crippen LogP contribution in [0.25, 0.3) is 0 Å². The third kappa shape index (κ3) is 12.7. The highest BCUT2D eigenvalue weighted by atomic mass is 35.5. The Hall–Kier alpha value is -7.68. The largest absolute Gasteiger partial charge is 0.495 e. The summed E-state index contributed by atoms with van der Waals surface area (Å²) in [4.78, 5) is 79.8. The average molecular weight is 1140 g/mol. The van der Waals surface area contributed by atoms with Crippen LogP contribution in [0.5, 0.6) is 23.0 Å². The lowest BCUT2D eigenvalue weighted by Crippen LogP contribution is -2.52. The van der Waals surface area contributed by atoms with Gasteiger partial charge in [-0.25, -0.2) is 8.78 Å². The Morgan fingerprint density at radius 2 is 1.55 bits per heavy atom. The van der Waals surface area contributed by atoms with E-state index in [0.29, 0.717) is 41.8 Å². The molecule has 2 saturated heterocycles. The van der Waals surface area contributed by atoms with Crippen molar-refractivity contribution < 1.29 is 56.5 Å². The molecule has 80 heavy (non-hydrogen) atoms. The monoisotopic (exact) mass is 1140 g/mol. The summed E-state index contributed by atoms with van der Waals surface area (Å²) in [7, 11) is 4.22. The van der Waals surface area contributed by atoms with Gasteiger partial charge in [-0.1, -0.05) is 75.2 Å². The third-order valence-corrected chi connectivity index (χ3v) is 15.1. The summed E-state index contributed by atoms with van der Waals surface area (Å²) in [6, 6.07) is 19.2. The fraction of sp³-hybridized carbons (Fsp3) is 0.379. The molecule has 3 aliphatic heterocycles. The van der Waals surface area contributed by atoms with Crippen molar-refractivity contribution in [2.75, 3.05) is 46.3 Å². The topological polar surface area (TPSA) is 227 Å². The van der Waals surface area contributed by atoms with E-state index in [1.54, 1.807) is 54.6 Å². The van der Waals surface area contributed by atoms with Gasteiger partial charge in [0.25, 0.3) is 17.7 Å². The molecule has 3 heterocycles. The van der Waals surface area contributed by atoms with Gasteiger partial charge in [0.15, 0.2) is 18.1 Å². The van der Waals surface area contributed by atoms with Crippen LogP contribution in [0.2, 0.25) is 10.0 Å². The number of azo groups is 1. The highest BCUT2D eigenvalue weighted by Gasteiger charge is 2.58. The molecule has 5 atom stereocenters. The third-order valence-electron chi connectivity index (χ3n) is 14.6. The van der Waals surface area contributed by atoms with E-state index in [1.807, 2.05) is 27.7 Å². The van der Waals surface area contributed by atoms with Gasteiger partial charge in [0.2, 0.25) is 23.5 Å². The highest BCUT2D eigenvalue weighted by molar-refractivity contribution is 6.31. The lowest BCUT2D eigenvalue weighted by Gasteiger charge is -2.40. The van der Waals surface area contributed by atoms with Crippen molar-refractivity contribution in [1.29, 1.82) is 0 Å². The molecule has 5 aromatic rings. The minimum Gasteiger partial charge on any atom is -0.495 e. The number of carbonyl (C=O) groups excluding carboxylic acids is 6. The lowest BCUT2D eigenvalue weighted by molar-refractivity contribution is -0.137. The summed E-state index contributed by atoms with van der Waals surface area (Å²) >= 11 is 12.5. The zero-order valence-corrected chi connectivity index (χ0v) is 46.7. The molecule has 0 radical (unpaired) electrons. The number of fused-ring (bicyclic) bond motifs is 1. The number of hydrogen-bond donors (Lipinski definition) is 5. The van der Waals surface area contributed by atoms with Crippen LogP contribution in [0.15, 0.2) is 95.2 Å². The predicted molar refractivity (Wildman–Crippen MR) is 296 cm³/mol. The van der Waals surface area contributed by atoms with Crippen molar-refractivity contribution in [2.45, 2.75) is 95.8 Å². The normalized spacial score (nSPS) is 19.8. The Kier molecular flexibility index (Phi) is 18.1. The second kappa shape index (κ2) is 24.8. The molecule has 5 N–H and O–H groups in total. The zero-order valence-electron chi connectivity index (χ0n) is 45.2. The summed E-state index contributed by atoms with van der Waals surface area (Å²) in [6.07, 6.45) is 1.86. The number of carbonyl (C=O) groups is 6. The first-order valence-electron chi connectivity index (χ1n) is 25.9. The molecule has 22 heteroatoms. The molecule has 422 valence electrons. The second-order valence-corrected chi connectivity index (χ2v) is 21.9. The maximum atomic E-state index is 16.2. The summed E-state index contributed by atoms with van der Waals surface area (Å²) < 4.78 is 54.8. The van der Waals surface area contributed by atoms with Crippen LogP contribution in [0.4, 0.5) is 25.8 Å². The van der Waals surface area contributed by atoms with Gasteiger partial charge < -0.3 is 45.1 Å². The average Bonchev–Trinajstić information content (AvgIpc) is 4.11. The van der Waals surface area contributed by atoms with Gasteiger partial charge in [0, 0.05) is 77.3 Å². The number of methoxy groups -OCH3 is 3. The molecule has 3 aliphatic rings. The zero-order chi connectivity index (χ0) is 57.6. The molecule has 0 saturated carbocycles. The summed E-state index contributed by atoms with van der Waals surface area (Å²) in [5.74, 6) is -4.14. The molecule has 18 nitrogen and oxygen atoms in total. The predicted octanol–water partition coefficient (Wildman–Crippen LogP) is 9.64. The van der Waals surface area contributed by atoms with E-state index in [9.17, 15) is 28.8 Å². The molecule has 6 amide bonds. The van der Waals surface area contributed by atoms with Crippen LogP contribution >= 0.6 is 23.2 Å². The van der Waals surface area contributed by atoms with E-state index < -0.39 is 64.7 Å². The molecule has 0 bridgehead atoms. The fourth-order valence-corrected chi connectivity index (χ4v) is 11.0. The molecule has 5 aromatic carbocycles. The van der Waals surface area contributed by atoms with Gasteiger partial charge >= 0.3 is 0 Å². The van der Waals surface area contributed by atoms with E-state index in [2.05, 4.69) is 36.8 Å². The molecular formula is C58H62Cl2F2N8O10. The van der Waals surface area contributed by atoms with Gasteiger partial charge in [0.1, 0.15) is 23.4 Å². The molecule has 1 unspecified atom stereocenters. The number of ether oxygens (including phenoxy) is 4. The number of hydrogen-bond acceptors (Lipinski definition) is 13. The second-order valence-electron chi connectivity index (χ2n) is 21.1. The van der Waals surface area contributed by atoms with Crippen LogP contribution < -0.4 is 45.5 Å². The quantitative estimate of drug-likeness (QED) is 0.0280. The van der Waals surface area contributed by atoms with E-state index in [0.717, 1.165) is 0 Å². The van der Waals surface area contributed by atoms with Gasteiger partial charge in [-0.05, 0) is 90.8 Å². The Morgan fingerprint density at radius 3 is 2.23 bits per heavy atom. The Balaban J connectivity index is 0.838. The van der Waals surface area contributed by atoms with Crippen LogP contribution in [0, 0.1) is 17.0 Å². The number of halogens is 4. The molecule has 0 aromatic heterocycles. The minimum atomic E-state index is -1.19. The van der Waals surface area contributed by atoms with Crippen molar-refractivity contribution in [3.05, 3.63) is 134 Å². The number of amides is 6. The van der Waals surface area contributed by atoms with Crippen molar-refractivity contribution in [1.82, 2.24) is 26.2 Å². The van der Waals surface area contributed by atoms with E-state index in [4.69, 9.17) is 42.1 Å². The van der Waals surface area contributed by atoms with Gasteiger partial charge in [0.05, 0.1) is 49.5 Å². The number of unbranched alkanes of at least 4 members (excludes halogenated alkanes) is 1. The number of nitrogens with one attached hydrogen (secondary N) is 5. The van der Waals surface area contributed by atoms with E-state index in [1.165, 1.54) is 56.6 Å². The van der Waals surface area contributed by atoms with Crippen LogP contribution in [0.1, 0.15) is 103 Å². The lowest BCUT2D eigenvalue weighted by atomic mass is 9.63. The van der Waals surface area contributed by atoms with Gasteiger partial charge in [-0.3, -0.25) is 34.1 Å². The summed E-state index contributed by atoms with van der Waals surface area (Å²) in [5.41, 5.74) is 1.09. The summed E-state index contributed by atoms with van der Waals surface area (Å²) in [5, 5.41) is 23.2. The number of benzene rings is 5. The minimum absolute atomic E-state index is 0.115. The van der Waals surface area contributed by atoms with Crippen LogP contribution in [-0.4, -0.2) is 99.5 Å². The first-order chi connectivity index (χ1) is 38.1. The highest BCUT2D eigenvalue weighted by Crippen LogP contribution is 2.53. The SMILES string of the molecule is COc1cc(C(=O)NCCCCNC(=O)COc2c(OC)cc(/N=N\c3cccc4c3CN(C3CCC(=O)NC3=O)C4=O)cc2OC)ccc1NC(=O)[C@@H]1N[C@@H](CC(C)(C)C)[C@](C)(c2ccc(Cl)cc2F)[C@H]1c1cccc(Cl)c1F. The smallest absolute Gasteiger partial charge is 0.257 e. The Morgan fingerprint density at radius 1 is 0.850 bits per heavy atom. The Bertz CT molecular complexity index is 3240. The first-order valence-corrected chi connectivity index (χ1v) is 26.7. The van der Waals surface area contributed by atoms with Crippen molar-refractivity contribution >= 4 is 75.7 Å². The molecule has 8 rings (SSSR count). The maximum absolute atomic E-state index is 16.2. The molecule has 0 aliphatic carbocycles. The number of anilines is 1. The van der Waals surface area contributed by atoms with Crippen molar-refractivity contribution in [3.63, 3.8) is 0 Å². The number of rotatable bonds is 20. The number of imide groups is 1. The maximum Gasteiger partial charge on any atom is 0.257 e. The number of nitrogens with zero attached hydrogens (tertiary/aromatic N) is 3. The standard InChI is InChI=1S/C58H62Cl2F2N8O10/c1-57(2,3)28-46-58(4,37-18-17-32(59)25-39(37)61)49(35-13-10-14-38(60)50(35)62)51(66-46)55(75)65-41-19-16-31(24-43(41)77-5)53(73)64-23-9-8-22-63-48(72)30-80-52-44(78-6)26-33(27-45(52)79-7)68-69-40-15-11-12-34-36(40)29-70(56(34)76)42-20-21-47(71)67-54(42)74/h10-19,24-27,42,46,49,51,66H,8-9,20-23,28-30H2,1-7H3,(H,63,72)(H,64,73)(H,65,75)(H,67,71,74)/b69-68-/t42?,46-,49-,51+,58-/m0/s1. The first kappa shape index (κ1) is 58.5. The summed E-state index contributed by atoms with van der Waals surface area (Å²) in [6.45, 7) is 8.20. The van der Waals surface area contributed by atoms with Gasteiger partial charge in [-0.15, -0.1) is 0 Å². The van der Waals surface area contributed by atoms with Crippen molar-refractivity contribution in [2.24, 2.45) is 15.6 Å². The van der Waals surface area contributed by atoms with Crippen LogP contribution in [0.3, 0.4) is 0 Å². The molecule has 0 spiro atoms.